The lowest BCUT2D eigenvalue weighted by molar-refractivity contribution is -0.123. The van der Waals surface area contributed by atoms with Crippen molar-refractivity contribution in [3.8, 4) is 0 Å². The zero-order valence-corrected chi connectivity index (χ0v) is 18.0. The number of hydrogen-bond donors (Lipinski definition) is 1. The molecule has 0 saturated carbocycles. The summed E-state index contributed by atoms with van der Waals surface area (Å²) in [7, 11) is 0. The van der Waals surface area contributed by atoms with Crippen LogP contribution in [0.5, 0.6) is 0 Å². The molecule has 0 spiro atoms. The van der Waals surface area contributed by atoms with E-state index in [-0.39, 0.29) is 36.0 Å². The van der Waals surface area contributed by atoms with Crippen LogP contribution in [-0.4, -0.2) is 24.9 Å². The van der Waals surface area contributed by atoms with Gasteiger partial charge >= 0.3 is 0 Å². The number of amides is 2. The Morgan fingerprint density at radius 2 is 1.55 bits per heavy atom. The van der Waals surface area contributed by atoms with Crippen molar-refractivity contribution in [3.63, 3.8) is 0 Å². The largest absolute Gasteiger partial charge is 0.354 e. The third-order valence-corrected chi connectivity index (χ3v) is 4.97. The van der Waals surface area contributed by atoms with E-state index in [0.29, 0.717) is 18.5 Å². The quantitative estimate of drug-likeness (QED) is 0.695. The van der Waals surface area contributed by atoms with Crippen LogP contribution in [0.1, 0.15) is 63.1 Å². The highest BCUT2D eigenvalue weighted by Gasteiger charge is 2.24. The molecule has 0 heterocycles. The van der Waals surface area contributed by atoms with Crippen LogP contribution in [0.15, 0.2) is 42.5 Å². The first-order valence-electron chi connectivity index (χ1n) is 10.1. The van der Waals surface area contributed by atoms with Crippen LogP contribution < -0.4 is 10.2 Å². The van der Waals surface area contributed by atoms with Gasteiger partial charge in [0.2, 0.25) is 11.8 Å². The van der Waals surface area contributed by atoms with Crippen LogP contribution in [0.25, 0.3) is 0 Å². The van der Waals surface area contributed by atoms with Crippen LogP contribution in [0.4, 0.5) is 10.1 Å². The number of para-hydroxylation sites is 1. The van der Waals surface area contributed by atoms with Gasteiger partial charge in [-0.3, -0.25) is 9.59 Å². The molecule has 29 heavy (non-hydrogen) atoms. The van der Waals surface area contributed by atoms with Gasteiger partial charge in [0, 0.05) is 13.5 Å². The van der Waals surface area contributed by atoms with Crippen LogP contribution >= 0.6 is 0 Å². The Hall–Kier alpha value is -2.69. The maximum absolute atomic E-state index is 13.7. The highest BCUT2D eigenvalue weighted by molar-refractivity contribution is 5.99. The topological polar surface area (TPSA) is 49.4 Å². The van der Waals surface area contributed by atoms with Crippen molar-refractivity contribution in [1.82, 2.24) is 5.32 Å². The Bertz CT molecular complexity index is 835. The summed E-state index contributed by atoms with van der Waals surface area (Å²) < 4.78 is 13.7. The number of halogens is 1. The van der Waals surface area contributed by atoms with Crippen LogP contribution in [0.2, 0.25) is 0 Å². The lowest BCUT2D eigenvalue weighted by atomic mass is 9.91. The lowest BCUT2D eigenvalue weighted by Crippen LogP contribution is -2.41. The fourth-order valence-electron chi connectivity index (χ4n) is 3.41. The van der Waals surface area contributed by atoms with Crippen molar-refractivity contribution in [2.75, 3.05) is 18.0 Å². The summed E-state index contributed by atoms with van der Waals surface area (Å²) >= 11 is 0. The molecule has 2 aromatic rings. The maximum atomic E-state index is 13.7. The van der Waals surface area contributed by atoms with Gasteiger partial charge in [-0.15, -0.1) is 0 Å². The molecule has 0 atom stereocenters. The Morgan fingerprint density at radius 1 is 0.966 bits per heavy atom. The third-order valence-electron chi connectivity index (χ3n) is 4.97. The van der Waals surface area contributed by atoms with Crippen molar-refractivity contribution in [3.05, 3.63) is 65.0 Å². The van der Waals surface area contributed by atoms with E-state index in [1.165, 1.54) is 13.0 Å². The van der Waals surface area contributed by atoms with E-state index in [0.717, 1.165) is 16.8 Å². The highest BCUT2D eigenvalue weighted by atomic mass is 19.1. The molecular weight excluding hydrogens is 367 g/mol. The molecule has 0 aliphatic heterocycles. The van der Waals surface area contributed by atoms with Crippen molar-refractivity contribution >= 4 is 17.5 Å². The average Bonchev–Trinajstić information content (AvgIpc) is 2.66. The molecule has 0 aliphatic carbocycles. The van der Waals surface area contributed by atoms with Gasteiger partial charge in [0.05, 0.1) is 5.69 Å². The van der Waals surface area contributed by atoms with Gasteiger partial charge in [0.15, 0.2) is 0 Å². The second kappa shape index (κ2) is 10.2. The van der Waals surface area contributed by atoms with Gasteiger partial charge in [-0.2, -0.15) is 0 Å². The van der Waals surface area contributed by atoms with Crippen molar-refractivity contribution in [1.29, 1.82) is 0 Å². The van der Waals surface area contributed by atoms with E-state index >= 15 is 0 Å². The number of benzene rings is 2. The monoisotopic (exact) mass is 398 g/mol. The minimum Gasteiger partial charge on any atom is -0.354 e. The average molecular weight is 399 g/mol. The fourth-order valence-corrected chi connectivity index (χ4v) is 3.41. The summed E-state index contributed by atoms with van der Waals surface area (Å²) in [5.41, 5.74) is 3.48. The minimum atomic E-state index is -0.278. The zero-order valence-electron chi connectivity index (χ0n) is 18.0. The Balaban J connectivity index is 2.17. The number of hydrogen-bond acceptors (Lipinski definition) is 2. The number of carbonyl (C=O) groups is 2. The van der Waals surface area contributed by atoms with Crippen LogP contribution in [0, 0.1) is 5.82 Å². The molecule has 5 heteroatoms. The first-order valence-corrected chi connectivity index (χ1v) is 10.1. The second-order valence-corrected chi connectivity index (χ2v) is 7.89. The molecule has 0 aliphatic rings. The molecule has 0 radical (unpaired) electrons. The smallest absolute Gasteiger partial charge is 0.240 e. The number of rotatable bonds is 8. The van der Waals surface area contributed by atoms with Crippen molar-refractivity contribution < 1.29 is 14.0 Å². The van der Waals surface area contributed by atoms with Gasteiger partial charge in [0.1, 0.15) is 12.4 Å². The number of nitrogens with one attached hydrogen (secondary N) is 1. The van der Waals surface area contributed by atoms with E-state index in [1.54, 1.807) is 23.1 Å². The zero-order chi connectivity index (χ0) is 21.6. The predicted octanol–water partition coefficient (Wildman–Crippen LogP) is 4.78. The first-order chi connectivity index (χ1) is 13.7. The fraction of sp³-hybridized carbons (Fsp3) is 0.417. The molecule has 0 saturated heterocycles. The summed E-state index contributed by atoms with van der Waals surface area (Å²) in [5, 5.41) is 2.81. The predicted molar refractivity (Wildman–Crippen MR) is 116 cm³/mol. The molecule has 0 fully saturated rings. The summed E-state index contributed by atoms with van der Waals surface area (Å²) in [6.45, 7) is 10.1. The van der Waals surface area contributed by atoms with E-state index in [2.05, 4.69) is 33.0 Å². The van der Waals surface area contributed by atoms with Gasteiger partial charge in [0.25, 0.3) is 0 Å². The van der Waals surface area contributed by atoms with Crippen molar-refractivity contribution in [2.45, 2.75) is 52.9 Å². The molecule has 156 valence electrons. The summed E-state index contributed by atoms with van der Waals surface area (Å²) in [6.07, 6.45) is 0.401. The van der Waals surface area contributed by atoms with E-state index < -0.39 is 0 Å². The van der Waals surface area contributed by atoms with Crippen LogP contribution in [0.3, 0.4) is 0 Å². The summed E-state index contributed by atoms with van der Waals surface area (Å²) in [4.78, 5) is 26.6. The van der Waals surface area contributed by atoms with E-state index in [4.69, 9.17) is 0 Å². The molecule has 2 rings (SSSR count). The third kappa shape index (κ3) is 5.89. The van der Waals surface area contributed by atoms with E-state index in [9.17, 15) is 14.0 Å². The highest BCUT2D eigenvalue weighted by Crippen LogP contribution is 2.35. The minimum absolute atomic E-state index is 0.0595. The number of nitrogens with zero attached hydrogens (tertiary/aromatic N) is 1. The van der Waals surface area contributed by atoms with Gasteiger partial charge in [-0.25, -0.2) is 4.39 Å². The van der Waals surface area contributed by atoms with Crippen LogP contribution in [-0.2, 0) is 16.0 Å². The van der Waals surface area contributed by atoms with Gasteiger partial charge < -0.3 is 10.2 Å². The van der Waals surface area contributed by atoms with E-state index in [1.807, 2.05) is 18.2 Å². The SMILES string of the molecule is CC(=O)N(CC(=O)NCCc1ccccc1F)c1c(C(C)C)cccc1C(C)C. The Kier molecular flexibility index (Phi) is 7.94. The molecular formula is C24H31FN2O2. The van der Waals surface area contributed by atoms with Gasteiger partial charge in [-0.1, -0.05) is 64.1 Å². The molecule has 2 aromatic carbocycles. The molecule has 4 nitrogen and oxygen atoms in total. The molecule has 1 N–H and O–H groups in total. The number of anilines is 1. The Labute approximate surface area is 173 Å². The van der Waals surface area contributed by atoms with Crippen molar-refractivity contribution in [2.24, 2.45) is 0 Å². The molecule has 0 aromatic heterocycles. The Morgan fingerprint density at radius 3 is 2.07 bits per heavy atom. The standard InChI is InChI=1S/C24H31FN2O2/c1-16(2)20-10-8-11-21(17(3)4)24(20)27(18(5)28)15-23(29)26-14-13-19-9-6-7-12-22(19)25/h6-12,16-17H,13-15H2,1-5H3,(H,26,29). The molecule has 0 bridgehead atoms. The number of carbonyl (C=O) groups excluding carboxylic acids is 2. The summed E-state index contributed by atoms with van der Waals surface area (Å²) in [5.74, 6) is -0.280. The first kappa shape index (κ1) is 22.6. The summed E-state index contributed by atoms with van der Waals surface area (Å²) in [6, 6.07) is 12.5. The molecule has 2 amide bonds. The molecule has 0 unspecified atom stereocenters. The normalized spacial score (nSPS) is 11.0. The van der Waals surface area contributed by atoms with Gasteiger partial charge in [-0.05, 0) is 41.0 Å². The second-order valence-electron chi connectivity index (χ2n) is 7.89. The lowest BCUT2D eigenvalue weighted by Gasteiger charge is -2.29. The maximum Gasteiger partial charge on any atom is 0.240 e.